The van der Waals surface area contributed by atoms with Gasteiger partial charge in [0.2, 0.25) is 0 Å². The van der Waals surface area contributed by atoms with Crippen molar-refractivity contribution in [3.8, 4) is 0 Å². The second-order valence-corrected chi connectivity index (χ2v) is 7.45. The summed E-state index contributed by atoms with van der Waals surface area (Å²) in [4.78, 5) is 11.1. The van der Waals surface area contributed by atoms with Crippen molar-refractivity contribution < 1.29 is 4.79 Å². The van der Waals surface area contributed by atoms with Gasteiger partial charge in [0.1, 0.15) is 6.29 Å². The summed E-state index contributed by atoms with van der Waals surface area (Å²) in [6, 6.07) is 0. The highest BCUT2D eigenvalue weighted by atomic mass is 16.1. The van der Waals surface area contributed by atoms with Gasteiger partial charge in [-0.3, -0.25) is 0 Å². The Balaban J connectivity index is 1.73. The van der Waals surface area contributed by atoms with Gasteiger partial charge in [-0.05, 0) is 68.6 Å². The average Bonchev–Trinajstić information content (AvgIpc) is 2.50. The lowest BCUT2D eigenvalue weighted by Crippen LogP contribution is -2.28. The molecule has 0 aromatic heterocycles. The van der Waals surface area contributed by atoms with Gasteiger partial charge in [0, 0.05) is 5.92 Å². The van der Waals surface area contributed by atoms with E-state index < -0.39 is 0 Å². The third kappa shape index (κ3) is 4.09. The van der Waals surface area contributed by atoms with Crippen molar-refractivity contribution in [1.29, 1.82) is 0 Å². The Hall–Kier alpha value is -0.330. The molecule has 0 saturated heterocycles. The summed E-state index contributed by atoms with van der Waals surface area (Å²) in [5.41, 5.74) is 0. The van der Waals surface area contributed by atoms with Crippen LogP contribution in [0.2, 0.25) is 0 Å². The molecule has 1 heteroatoms. The predicted molar refractivity (Wildman–Crippen MR) is 85.6 cm³/mol. The van der Waals surface area contributed by atoms with Gasteiger partial charge in [-0.2, -0.15) is 0 Å². The van der Waals surface area contributed by atoms with Crippen LogP contribution in [-0.4, -0.2) is 6.29 Å². The molecule has 0 spiro atoms. The Kier molecular flexibility index (Phi) is 6.58. The van der Waals surface area contributed by atoms with E-state index in [0.29, 0.717) is 11.8 Å². The number of hydrogen-bond acceptors (Lipinski definition) is 1. The summed E-state index contributed by atoms with van der Waals surface area (Å²) in [6.45, 7) is 4.49. The Morgan fingerprint density at radius 2 is 1.45 bits per heavy atom. The fourth-order valence-corrected chi connectivity index (χ4v) is 4.94. The van der Waals surface area contributed by atoms with E-state index in [0.717, 1.165) is 24.2 Å². The van der Waals surface area contributed by atoms with Crippen LogP contribution in [0.4, 0.5) is 0 Å². The first-order valence-corrected chi connectivity index (χ1v) is 9.23. The minimum Gasteiger partial charge on any atom is -0.303 e. The van der Waals surface area contributed by atoms with E-state index in [2.05, 4.69) is 13.8 Å². The number of carbonyl (C=O) groups is 1. The number of hydrogen-bond donors (Lipinski definition) is 0. The molecule has 0 amide bonds. The minimum atomic E-state index is 0.344. The summed E-state index contributed by atoms with van der Waals surface area (Å²) in [6.07, 6.45) is 16.5. The van der Waals surface area contributed by atoms with Crippen LogP contribution in [0.5, 0.6) is 0 Å². The molecule has 116 valence electrons. The van der Waals surface area contributed by atoms with Crippen molar-refractivity contribution in [2.24, 2.45) is 29.6 Å². The van der Waals surface area contributed by atoms with Crippen LogP contribution in [0.15, 0.2) is 0 Å². The molecule has 20 heavy (non-hydrogen) atoms. The lowest BCUT2D eigenvalue weighted by molar-refractivity contribution is -0.113. The second-order valence-electron chi connectivity index (χ2n) is 7.45. The third-order valence-corrected chi connectivity index (χ3v) is 6.32. The Labute approximate surface area is 125 Å². The van der Waals surface area contributed by atoms with Crippen molar-refractivity contribution in [3.05, 3.63) is 0 Å². The average molecular weight is 278 g/mol. The van der Waals surface area contributed by atoms with E-state index in [4.69, 9.17) is 0 Å². The number of carbonyl (C=O) groups excluding carboxylic acids is 1. The summed E-state index contributed by atoms with van der Waals surface area (Å²) in [7, 11) is 0. The van der Waals surface area contributed by atoms with E-state index in [1.807, 2.05) is 0 Å². The molecule has 1 nitrogen and oxygen atoms in total. The van der Waals surface area contributed by atoms with Gasteiger partial charge in [0.25, 0.3) is 0 Å². The fourth-order valence-electron chi connectivity index (χ4n) is 4.94. The molecule has 2 aliphatic rings. The zero-order chi connectivity index (χ0) is 14.4. The molecule has 2 fully saturated rings. The lowest BCUT2D eigenvalue weighted by Gasteiger charge is -2.39. The zero-order valence-corrected chi connectivity index (χ0v) is 13.7. The van der Waals surface area contributed by atoms with Crippen LogP contribution in [0, 0.1) is 29.6 Å². The largest absolute Gasteiger partial charge is 0.303 e. The van der Waals surface area contributed by atoms with Crippen LogP contribution in [0.3, 0.4) is 0 Å². The summed E-state index contributed by atoms with van der Waals surface area (Å²) in [5.74, 6) is 4.08. The van der Waals surface area contributed by atoms with Crippen molar-refractivity contribution in [2.75, 3.05) is 0 Å². The summed E-state index contributed by atoms with van der Waals surface area (Å²) < 4.78 is 0. The van der Waals surface area contributed by atoms with Crippen molar-refractivity contribution in [2.45, 2.75) is 84.5 Å². The lowest BCUT2D eigenvalue weighted by atomic mass is 9.67. The van der Waals surface area contributed by atoms with Crippen molar-refractivity contribution >= 4 is 6.29 Å². The van der Waals surface area contributed by atoms with Crippen LogP contribution in [0.25, 0.3) is 0 Å². The standard InChI is InChI=1S/C19H34O/c1-3-5-15-6-8-18(9-7-15)19-12-10-17(11-13-19)16(4-2)14-20/h14-19H,3-13H2,1-2H3. The molecule has 1 unspecified atom stereocenters. The quantitative estimate of drug-likeness (QED) is 0.576. The number of aldehydes is 1. The first-order valence-electron chi connectivity index (χ1n) is 9.23. The first-order chi connectivity index (χ1) is 9.78. The van der Waals surface area contributed by atoms with Crippen molar-refractivity contribution in [3.63, 3.8) is 0 Å². The molecule has 1 atom stereocenters. The molecular weight excluding hydrogens is 244 g/mol. The third-order valence-electron chi connectivity index (χ3n) is 6.32. The molecule has 2 rings (SSSR count). The monoisotopic (exact) mass is 278 g/mol. The highest BCUT2D eigenvalue weighted by Crippen LogP contribution is 2.43. The Morgan fingerprint density at radius 3 is 1.90 bits per heavy atom. The molecule has 0 heterocycles. The molecule has 0 N–H and O–H groups in total. The Bertz CT molecular complexity index is 269. The second kappa shape index (κ2) is 8.20. The van der Waals surface area contributed by atoms with E-state index in [1.54, 1.807) is 0 Å². The van der Waals surface area contributed by atoms with E-state index in [-0.39, 0.29) is 0 Å². The van der Waals surface area contributed by atoms with Gasteiger partial charge in [-0.25, -0.2) is 0 Å². The molecule has 0 radical (unpaired) electrons. The minimum absolute atomic E-state index is 0.344. The highest BCUT2D eigenvalue weighted by Gasteiger charge is 2.32. The topological polar surface area (TPSA) is 17.1 Å². The summed E-state index contributed by atoms with van der Waals surface area (Å²) in [5, 5.41) is 0. The normalized spacial score (nSPS) is 36.5. The summed E-state index contributed by atoms with van der Waals surface area (Å²) >= 11 is 0. The number of rotatable bonds is 6. The van der Waals surface area contributed by atoms with E-state index in [1.165, 1.54) is 70.5 Å². The maximum Gasteiger partial charge on any atom is 0.123 e. The van der Waals surface area contributed by atoms with Crippen molar-refractivity contribution in [1.82, 2.24) is 0 Å². The first kappa shape index (κ1) is 16.0. The van der Waals surface area contributed by atoms with Crippen LogP contribution < -0.4 is 0 Å². The molecule has 0 aromatic rings. The van der Waals surface area contributed by atoms with Crippen LogP contribution in [-0.2, 0) is 4.79 Å². The maximum atomic E-state index is 11.1. The fraction of sp³-hybridized carbons (Fsp3) is 0.947. The van der Waals surface area contributed by atoms with Crippen LogP contribution in [0.1, 0.15) is 84.5 Å². The zero-order valence-electron chi connectivity index (χ0n) is 13.7. The molecule has 2 saturated carbocycles. The van der Waals surface area contributed by atoms with Gasteiger partial charge < -0.3 is 4.79 Å². The maximum absolute atomic E-state index is 11.1. The predicted octanol–water partition coefficient (Wildman–Crippen LogP) is 5.62. The molecular formula is C19H34O. The van der Waals surface area contributed by atoms with Gasteiger partial charge in [0.15, 0.2) is 0 Å². The Morgan fingerprint density at radius 1 is 0.900 bits per heavy atom. The highest BCUT2D eigenvalue weighted by molar-refractivity contribution is 5.53. The van der Waals surface area contributed by atoms with Gasteiger partial charge >= 0.3 is 0 Å². The molecule has 2 aliphatic carbocycles. The molecule has 0 aliphatic heterocycles. The van der Waals surface area contributed by atoms with E-state index in [9.17, 15) is 4.79 Å². The van der Waals surface area contributed by atoms with Crippen LogP contribution >= 0.6 is 0 Å². The van der Waals surface area contributed by atoms with Gasteiger partial charge in [-0.15, -0.1) is 0 Å². The van der Waals surface area contributed by atoms with E-state index >= 15 is 0 Å². The molecule has 0 aromatic carbocycles. The smallest absolute Gasteiger partial charge is 0.123 e. The SMILES string of the molecule is CCCC1CCC(C2CCC(C(C=O)CC)CC2)CC1. The molecule has 0 bridgehead atoms. The van der Waals surface area contributed by atoms with Gasteiger partial charge in [0.05, 0.1) is 0 Å². The van der Waals surface area contributed by atoms with Gasteiger partial charge in [-0.1, -0.05) is 39.5 Å².